The third kappa shape index (κ3) is 4.19. The van der Waals surface area contributed by atoms with Crippen LogP contribution in [-0.4, -0.2) is 60.5 Å². The van der Waals surface area contributed by atoms with Gasteiger partial charge in [-0.25, -0.2) is 0 Å². The lowest BCUT2D eigenvalue weighted by Crippen LogP contribution is -2.53. The van der Waals surface area contributed by atoms with Crippen molar-refractivity contribution >= 4 is 5.91 Å². The maximum absolute atomic E-state index is 12.3. The fourth-order valence-corrected chi connectivity index (χ4v) is 4.26. The van der Waals surface area contributed by atoms with Crippen LogP contribution in [0, 0.1) is 0 Å². The molecule has 3 rings (SSSR count). The molecule has 1 N–H and O–H groups in total. The quantitative estimate of drug-likeness (QED) is 0.861. The summed E-state index contributed by atoms with van der Waals surface area (Å²) in [6, 6.07) is 1.39. The molecule has 120 valence electrons. The second-order valence-electron chi connectivity index (χ2n) is 7.07. The number of nitrogens with zero attached hydrogens (tertiary/aromatic N) is 2. The third-order valence-corrected chi connectivity index (χ3v) is 5.66. The topological polar surface area (TPSA) is 35.6 Å². The number of piperazine rings is 1. The molecule has 21 heavy (non-hydrogen) atoms. The van der Waals surface area contributed by atoms with Crippen LogP contribution < -0.4 is 5.32 Å². The molecular weight excluding hydrogens is 262 g/mol. The van der Waals surface area contributed by atoms with Gasteiger partial charge in [0, 0.05) is 38.3 Å². The van der Waals surface area contributed by atoms with Crippen LogP contribution in [0.5, 0.6) is 0 Å². The van der Waals surface area contributed by atoms with Crippen molar-refractivity contribution in [3.63, 3.8) is 0 Å². The molecule has 2 saturated carbocycles. The number of rotatable bonds is 4. The average molecular weight is 293 g/mol. The van der Waals surface area contributed by atoms with Gasteiger partial charge in [0.1, 0.15) is 0 Å². The first kappa shape index (κ1) is 15.3. The summed E-state index contributed by atoms with van der Waals surface area (Å²) in [6.07, 6.45) is 12.1. The lowest BCUT2D eigenvalue weighted by Gasteiger charge is -2.38. The zero-order valence-corrected chi connectivity index (χ0v) is 13.4. The highest BCUT2D eigenvalue weighted by Gasteiger charge is 2.27. The van der Waals surface area contributed by atoms with Gasteiger partial charge in [0.2, 0.25) is 5.91 Å². The van der Waals surface area contributed by atoms with E-state index < -0.39 is 0 Å². The van der Waals surface area contributed by atoms with E-state index >= 15 is 0 Å². The smallest absolute Gasteiger partial charge is 0.236 e. The van der Waals surface area contributed by atoms with Gasteiger partial charge in [0.05, 0.1) is 6.54 Å². The number of amides is 1. The van der Waals surface area contributed by atoms with E-state index in [0.29, 0.717) is 18.5 Å². The molecule has 1 amide bonds. The molecule has 0 aromatic heterocycles. The van der Waals surface area contributed by atoms with Gasteiger partial charge >= 0.3 is 0 Å². The predicted octanol–water partition coefficient (Wildman–Crippen LogP) is 2.00. The van der Waals surface area contributed by atoms with Gasteiger partial charge in [-0.15, -0.1) is 0 Å². The standard InChI is InChI=1S/C17H31N3O/c21-17(14-18-15-6-2-1-3-7-15)20-12-10-19(11-13-20)16-8-4-5-9-16/h15-16,18H,1-14H2. The second kappa shape index (κ2) is 7.59. The molecule has 0 radical (unpaired) electrons. The van der Waals surface area contributed by atoms with E-state index in [0.717, 1.165) is 32.2 Å². The summed E-state index contributed by atoms with van der Waals surface area (Å²) in [5, 5.41) is 3.48. The Labute approximate surface area is 129 Å². The lowest BCUT2D eigenvalue weighted by atomic mass is 9.95. The molecule has 2 aliphatic carbocycles. The van der Waals surface area contributed by atoms with Crippen LogP contribution in [0.25, 0.3) is 0 Å². The molecule has 4 heteroatoms. The highest BCUT2D eigenvalue weighted by molar-refractivity contribution is 5.78. The monoisotopic (exact) mass is 293 g/mol. The Morgan fingerprint density at radius 2 is 1.48 bits per heavy atom. The van der Waals surface area contributed by atoms with Gasteiger partial charge in [-0.1, -0.05) is 32.1 Å². The number of carbonyl (C=O) groups excluding carboxylic acids is 1. The summed E-state index contributed by atoms with van der Waals surface area (Å²) in [7, 11) is 0. The molecular formula is C17H31N3O. The Morgan fingerprint density at radius 3 is 2.14 bits per heavy atom. The zero-order chi connectivity index (χ0) is 14.5. The molecule has 0 aromatic carbocycles. The van der Waals surface area contributed by atoms with Crippen LogP contribution in [-0.2, 0) is 4.79 Å². The van der Waals surface area contributed by atoms with Crippen LogP contribution in [0.4, 0.5) is 0 Å². The van der Waals surface area contributed by atoms with Gasteiger partial charge < -0.3 is 10.2 Å². The number of carbonyl (C=O) groups is 1. The summed E-state index contributed by atoms with van der Waals surface area (Å²) in [5.74, 6) is 0.312. The van der Waals surface area contributed by atoms with Crippen LogP contribution in [0.15, 0.2) is 0 Å². The van der Waals surface area contributed by atoms with Crippen molar-refractivity contribution in [1.82, 2.24) is 15.1 Å². The minimum absolute atomic E-state index is 0.312. The summed E-state index contributed by atoms with van der Waals surface area (Å²) >= 11 is 0. The number of hydrogen-bond acceptors (Lipinski definition) is 3. The van der Waals surface area contributed by atoms with Crippen molar-refractivity contribution in [2.45, 2.75) is 69.9 Å². The Morgan fingerprint density at radius 1 is 0.857 bits per heavy atom. The molecule has 1 saturated heterocycles. The Bertz CT molecular complexity index is 327. The molecule has 0 unspecified atom stereocenters. The van der Waals surface area contributed by atoms with Crippen molar-refractivity contribution in [2.24, 2.45) is 0 Å². The molecule has 1 aliphatic heterocycles. The molecule has 0 spiro atoms. The summed E-state index contributed by atoms with van der Waals surface area (Å²) in [5.41, 5.74) is 0. The molecule has 0 aromatic rings. The van der Waals surface area contributed by atoms with Gasteiger partial charge in [-0.2, -0.15) is 0 Å². The Hall–Kier alpha value is -0.610. The molecule has 0 atom stereocenters. The Balaban J connectivity index is 1.36. The van der Waals surface area contributed by atoms with Gasteiger partial charge in [0.25, 0.3) is 0 Å². The van der Waals surface area contributed by atoms with E-state index in [1.807, 2.05) is 0 Å². The van der Waals surface area contributed by atoms with Crippen molar-refractivity contribution in [1.29, 1.82) is 0 Å². The fraction of sp³-hybridized carbons (Fsp3) is 0.941. The highest BCUT2D eigenvalue weighted by Crippen LogP contribution is 2.24. The molecule has 3 fully saturated rings. The van der Waals surface area contributed by atoms with Gasteiger partial charge in [-0.05, 0) is 25.7 Å². The maximum Gasteiger partial charge on any atom is 0.236 e. The van der Waals surface area contributed by atoms with E-state index in [4.69, 9.17) is 0 Å². The van der Waals surface area contributed by atoms with Crippen LogP contribution >= 0.6 is 0 Å². The summed E-state index contributed by atoms with van der Waals surface area (Å²) < 4.78 is 0. The Kier molecular flexibility index (Phi) is 5.53. The van der Waals surface area contributed by atoms with E-state index in [1.54, 1.807) is 0 Å². The minimum atomic E-state index is 0.312. The maximum atomic E-state index is 12.3. The normalized spacial score (nSPS) is 26.4. The first-order chi connectivity index (χ1) is 10.3. The van der Waals surface area contributed by atoms with Crippen LogP contribution in [0.2, 0.25) is 0 Å². The average Bonchev–Trinajstić information content (AvgIpc) is 3.08. The molecule has 0 bridgehead atoms. The fourth-order valence-electron chi connectivity index (χ4n) is 4.26. The first-order valence-corrected chi connectivity index (χ1v) is 9.08. The molecule has 3 aliphatic rings. The largest absolute Gasteiger partial charge is 0.339 e. The molecule has 1 heterocycles. The van der Waals surface area contributed by atoms with Gasteiger partial charge in [0.15, 0.2) is 0 Å². The molecule has 4 nitrogen and oxygen atoms in total. The zero-order valence-electron chi connectivity index (χ0n) is 13.4. The number of hydrogen-bond donors (Lipinski definition) is 1. The second-order valence-corrected chi connectivity index (χ2v) is 7.07. The lowest BCUT2D eigenvalue weighted by molar-refractivity contribution is -0.132. The van der Waals surface area contributed by atoms with E-state index in [2.05, 4.69) is 15.1 Å². The predicted molar refractivity (Wildman–Crippen MR) is 85.3 cm³/mol. The minimum Gasteiger partial charge on any atom is -0.339 e. The highest BCUT2D eigenvalue weighted by atomic mass is 16.2. The SMILES string of the molecule is O=C(CNC1CCCCC1)N1CCN(C2CCCC2)CC1. The first-order valence-electron chi connectivity index (χ1n) is 9.08. The van der Waals surface area contributed by atoms with Crippen molar-refractivity contribution in [3.05, 3.63) is 0 Å². The van der Waals surface area contributed by atoms with Crippen molar-refractivity contribution in [3.8, 4) is 0 Å². The van der Waals surface area contributed by atoms with E-state index in [9.17, 15) is 4.79 Å². The van der Waals surface area contributed by atoms with Gasteiger partial charge in [-0.3, -0.25) is 9.69 Å². The summed E-state index contributed by atoms with van der Waals surface area (Å²) in [4.78, 5) is 17.0. The van der Waals surface area contributed by atoms with E-state index in [1.165, 1.54) is 57.8 Å². The number of nitrogens with one attached hydrogen (secondary N) is 1. The van der Waals surface area contributed by atoms with Crippen LogP contribution in [0.1, 0.15) is 57.8 Å². The van der Waals surface area contributed by atoms with Crippen LogP contribution in [0.3, 0.4) is 0 Å². The van der Waals surface area contributed by atoms with Crippen molar-refractivity contribution in [2.75, 3.05) is 32.7 Å². The van der Waals surface area contributed by atoms with E-state index in [-0.39, 0.29) is 0 Å². The third-order valence-electron chi connectivity index (χ3n) is 5.66. The van der Waals surface area contributed by atoms with Crippen molar-refractivity contribution < 1.29 is 4.79 Å². The summed E-state index contributed by atoms with van der Waals surface area (Å²) in [6.45, 7) is 4.58.